The van der Waals surface area contributed by atoms with Crippen LogP contribution in [0.2, 0.25) is 0 Å². The van der Waals surface area contributed by atoms with Gasteiger partial charge in [-0.1, -0.05) is 51.2 Å². The van der Waals surface area contributed by atoms with E-state index >= 15 is 0 Å². The highest BCUT2D eigenvalue weighted by atomic mass is 32.2. The first-order valence-corrected chi connectivity index (χ1v) is 10.9. The second kappa shape index (κ2) is 11.1. The molecule has 0 amide bonds. The van der Waals surface area contributed by atoms with E-state index in [1.807, 2.05) is 0 Å². The number of nitrogens with zero attached hydrogens (tertiary/aromatic N) is 1. The maximum Gasteiger partial charge on any atom is 0.355 e. The fourth-order valence-corrected chi connectivity index (χ4v) is 4.16. The minimum Gasteiger partial charge on any atom is -0.476 e. The molecule has 2 rings (SSSR count). The molecule has 0 aliphatic rings. The summed E-state index contributed by atoms with van der Waals surface area (Å²) in [7, 11) is 0. The third-order valence-electron chi connectivity index (χ3n) is 4.07. The number of carboxylic acids is 1. The van der Waals surface area contributed by atoms with Gasteiger partial charge in [-0.15, -0.1) is 23.1 Å². The predicted octanol–water partition coefficient (Wildman–Crippen LogP) is 5.72. The normalized spacial score (nSPS) is 10.8. The van der Waals surface area contributed by atoms with Gasteiger partial charge in [0.2, 0.25) is 5.78 Å². The maximum atomic E-state index is 12.1. The summed E-state index contributed by atoms with van der Waals surface area (Å²) < 4.78 is 0. The molecule has 4 nitrogen and oxygen atoms in total. The van der Waals surface area contributed by atoms with Gasteiger partial charge >= 0.3 is 5.97 Å². The molecular weight excluding hydrogens is 366 g/mol. The smallest absolute Gasteiger partial charge is 0.355 e. The molecule has 0 saturated carbocycles. The van der Waals surface area contributed by atoms with Gasteiger partial charge in [0.1, 0.15) is 0 Å². The van der Waals surface area contributed by atoms with Crippen molar-refractivity contribution in [1.29, 1.82) is 0 Å². The van der Waals surface area contributed by atoms with E-state index < -0.39 is 5.97 Å². The number of hydrogen-bond donors (Lipinski definition) is 1. The molecule has 140 valence electrons. The number of rotatable bonds is 12. The van der Waals surface area contributed by atoms with Gasteiger partial charge in [-0.2, -0.15) is 0 Å². The van der Waals surface area contributed by atoms with E-state index in [4.69, 9.17) is 5.11 Å². The van der Waals surface area contributed by atoms with Crippen molar-refractivity contribution in [3.63, 3.8) is 0 Å². The molecule has 0 aliphatic heterocycles. The van der Waals surface area contributed by atoms with Gasteiger partial charge < -0.3 is 5.11 Å². The Morgan fingerprint density at radius 3 is 2.42 bits per heavy atom. The standard InChI is InChI=1S/C20H25NO3S2/c1-2-3-4-5-6-7-8-15-9-11-16(12-10-15)25-14-18(22)19-21-17(13-26-19)20(23)24/h9-13H,2-8,14H2,1H3,(H,23,24). The van der Waals surface area contributed by atoms with Gasteiger partial charge in [-0.05, 0) is 30.5 Å². The zero-order valence-electron chi connectivity index (χ0n) is 15.1. The van der Waals surface area contributed by atoms with Crippen molar-refractivity contribution in [2.24, 2.45) is 0 Å². The summed E-state index contributed by atoms with van der Waals surface area (Å²) in [5.74, 6) is -0.971. The van der Waals surface area contributed by atoms with Gasteiger partial charge in [0, 0.05) is 10.3 Å². The minimum atomic E-state index is -1.10. The highest BCUT2D eigenvalue weighted by Gasteiger charge is 2.14. The van der Waals surface area contributed by atoms with Crippen molar-refractivity contribution < 1.29 is 14.7 Å². The van der Waals surface area contributed by atoms with Crippen LogP contribution in [0.4, 0.5) is 0 Å². The number of thioether (sulfide) groups is 1. The van der Waals surface area contributed by atoms with Gasteiger partial charge in [0.05, 0.1) is 5.75 Å². The van der Waals surface area contributed by atoms with Crippen molar-refractivity contribution in [2.75, 3.05) is 5.75 Å². The highest BCUT2D eigenvalue weighted by Crippen LogP contribution is 2.22. The molecular formula is C20H25NO3S2. The molecule has 6 heteroatoms. The van der Waals surface area contributed by atoms with Crippen molar-refractivity contribution >= 4 is 34.9 Å². The highest BCUT2D eigenvalue weighted by molar-refractivity contribution is 8.00. The number of carboxylic acid groups (broad SMARTS) is 1. The molecule has 1 N–H and O–H groups in total. The predicted molar refractivity (Wildman–Crippen MR) is 108 cm³/mol. The number of thiazole rings is 1. The van der Waals surface area contributed by atoms with E-state index in [0.717, 1.165) is 22.7 Å². The Morgan fingerprint density at radius 2 is 1.77 bits per heavy atom. The monoisotopic (exact) mass is 391 g/mol. The molecule has 0 saturated heterocycles. The average molecular weight is 392 g/mol. The third-order valence-corrected chi connectivity index (χ3v) is 5.97. The summed E-state index contributed by atoms with van der Waals surface area (Å²) in [6.07, 6.45) is 8.90. The first-order chi connectivity index (χ1) is 12.6. The maximum absolute atomic E-state index is 12.1. The number of unbranched alkanes of at least 4 members (excludes halogenated alkanes) is 5. The van der Waals surface area contributed by atoms with Crippen LogP contribution in [0.25, 0.3) is 0 Å². The average Bonchev–Trinajstić information content (AvgIpc) is 3.14. The summed E-state index contributed by atoms with van der Waals surface area (Å²) in [4.78, 5) is 27.8. The molecule has 0 fully saturated rings. The van der Waals surface area contributed by atoms with Gasteiger partial charge in [-0.25, -0.2) is 9.78 Å². The SMILES string of the molecule is CCCCCCCCc1ccc(SCC(=O)c2nc(C(=O)O)cs2)cc1. The molecule has 2 aromatic rings. The van der Waals surface area contributed by atoms with Crippen LogP contribution in [0.15, 0.2) is 34.5 Å². The van der Waals surface area contributed by atoms with Crippen molar-refractivity contribution in [3.05, 3.63) is 45.9 Å². The summed E-state index contributed by atoms with van der Waals surface area (Å²) in [6, 6.07) is 8.36. The van der Waals surface area contributed by atoms with Gasteiger partial charge in [0.25, 0.3) is 0 Å². The molecule has 0 radical (unpaired) electrons. The second-order valence-electron chi connectivity index (χ2n) is 6.22. The quantitative estimate of drug-likeness (QED) is 0.285. The Bertz CT molecular complexity index is 710. The molecule has 1 heterocycles. The fourth-order valence-electron chi connectivity index (χ4n) is 2.57. The Labute approximate surface area is 163 Å². The lowest BCUT2D eigenvalue weighted by atomic mass is 10.1. The molecule has 1 aromatic carbocycles. The van der Waals surface area contributed by atoms with Crippen LogP contribution in [0, 0.1) is 0 Å². The van der Waals surface area contributed by atoms with E-state index in [9.17, 15) is 9.59 Å². The first kappa shape index (κ1) is 20.6. The second-order valence-corrected chi connectivity index (χ2v) is 8.12. The molecule has 0 unspecified atom stereocenters. The number of aryl methyl sites for hydroxylation is 1. The summed E-state index contributed by atoms with van der Waals surface area (Å²) >= 11 is 2.54. The topological polar surface area (TPSA) is 67.3 Å². The lowest BCUT2D eigenvalue weighted by Crippen LogP contribution is -2.04. The van der Waals surface area contributed by atoms with Crippen LogP contribution in [0.3, 0.4) is 0 Å². The molecule has 1 aromatic heterocycles. The van der Waals surface area contributed by atoms with Crippen LogP contribution in [0.1, 0.15) is 71.3 Å². The van der Waals surface area contributed by atoms with E-state index in [1.165, 1.54) is 61.2 Å². The Morgan fingerprint density at radius 1 is 1.08 bits per heavy atom. The number of aromatic nitrogens is 1. The van der Waals surface area contributed by atoms with E-state index in [2.05, 4.69) is 36.2 Å². The zero-order chi connectivity index (χ0) is 18.8. The zero-order valence-corrected chi connectivity index (χ0v) is 16.7. The van der Waals surface area contributed by atoms with Gasteiger partial charge in [-0.3, -0.25) is 4.79 Å². The Hall–Kier alpha value is -1.66. The Kier molecular flexibility index (Phi) is 8.85. The number of carbonyl (C=O) groups is 2. The Balaban J connectivity index is 1.72. The summed E-state index contributed by atoms with van der Waals surface area (Å²) in [6.45, 7) is 2.23. The molecule has 0 atom stereocenters. The number of carbonyl (C=O) groups excluding carboxylic acids is 1. The summed E-state index contributed by atoms with van der Waals surface area (Å²) in [5, 5.41) is 10.5. The van der Waals surface area contributed by atoms with Crippen LogP contribution in [-0.2, 0) is 6.42 Å². The molecule has 0 spiro atoms. The molecule has 0 aliphatic carbocycles. The van der Waals surface area contributed by atoms with Crippen LogP contribution >= 0.6 is 23.1 Å². The van der Waals surface area contributed by atoms with Crippen LogP contribution in [-0.4, -0.2) is 27.6 Å². The van der Waals surface area contributed by atoms with Crippen LogP contribution in [0.5, 0.6) is 0 Å². The fraction of sp³-hybridized carbons (Fsp3) is 0.450. The number of aromatic carboxylic acids is 1. The van der Waals surface area contributed by atoms with Crippen LogP contribution < -0.4 is 0 Å². The molecule has 26 heavy (non-hydrogen) atoms. The summed E-state index contributed by atoms with van der Waals surface area (Å²) in [5.41, 5.74) is 1.27. The number of benzene rings is 1. The van der Waals surface area contributed by atoms with Gasteiger partial charge in [0.15, 0.2) is 10.7 Å². The van der Waals surface area contributed by atoms with E-state index in [1.54, 1.807) is 0 Å². The lowest BCUT2D eigenvalue weighted by Gasteiger charge is -2.04. The molecule has 0 bridgehead atoms. The van der Waals surface area contributed by atoms with E-state index in [0.29, 0.717) is 0 Å². The third kappa shape index (κ3) is 6.92. The van der Waals surface area contributed by atoms with Crippen molar-refractivity contribution in [1.82, 2.24) is 4.98 Å². The lowest BCUT2D eigenvalue weighted by molar-refractivity contribution is 0.0691. The number of hydrogen-bond acceptors (Lipinski definition) is 5. The number of Topliss-reactive ketones (excluding diaryl/α,β-unsaturated/α-hetero) is 1. The minimum absolute atomic E-state index is 0.0672. The van der Waals surface area contributed by atoms with Crippen molar-refractivity contribution in [3.8, 4) is 0 Å². The van der Waals surface area contributed by atoms with Crippen molar-refractivity contribution in [2.45, 2.75) is 56.8 Å². The first-order valence-electron chi connectivity index (χ1n) is 9.04. The largest absolute Gasteiger partial charge is 0.476 e. The van der Waals surface area contributed by atoms with E-state index in [-0.39, 0.29) is 22.2 Å². The number of ketones is 1.